The molecule has 1 aromatic carbocycles. The van der Waals surface area contributed by atoms with Crippen molar-refractivity contribution in [1.82, 2.24) is 0 Å². The Morgan fingerprint density at radius 2 is 2.26 bits per heavy atom. The lowest BCUT2D eigenvalue weighted by molar-refractivity contribution is -0.116. The summed E-state index contributed by atoms with van der Waals surface area (Å²) in [4.78, 5) is 13.6. The molecule has 0 saturated carbocycles. The molecule has 0 spiro atoms. The number of rotatable bonds is 3. The molecule has 0 aliphatic carbocycles. The molecule has 1 aliphatic rings. The maximum atomic E-state index is 11.5. The summed E-state index contributed by atoms with van der Waals surface area (Å²) in [6, 6.07) is 7.20. The fourth-order valence-electron chi connectivity index (χ4n) is 2.26. The van der Waals surface area contributed by atoms with Gasteiger partial charge in [0, 0.05) is 36.1 Å². The average molecular weight is 257 g/mol. The van der Waals surface area contributed by atoms with E-state index >= 15 is 0 Å². The molecule has 0 radical (unpaired) electrons. The Balaban J connectivity index is 1.83. The molecule has 2 aromatic rings. The zero-order chi connectivity index (χ0) is 13.4. The SMILES string of the molecule is CN(Cc1ccoc1)c1ccc2c(c1)NC(=O)C2N. The molecule has 0 saturated heterocycles. The number of nitrogens with one attached hydrogen (secondary N) is 1. The van der Waals surface area contributed by atoms with Gasteiger partial charge < -0.3 is 20.4 Å². The molecule has 1 unspecified atom stereocenters. The Morgan fingerprint density at radius 3 is 3.00 bits per heavy atom. The number of nitrogens with two attached hydrogens (primary N) is 1. The van der Waals surface area contributed by atoms with Crippen LogP contribution in [0.3, 0.4) is 0 Å². The highest BCUT2D eigenvalue weighted by atomic mass is 16.3. The number of hydrogen-bond donors (Lipinski definition) is 2. The van der Waals surface area contributed by atoms with Crippen LogP contribution in [0, 0.1) is 0 Å². The van der Waals surface area contributed by atoms with E-state index in [1.807, 2.05) is 31.3 Å². The summed E-state index contributed by atoms with van der Waals surface area (Å²) in [5.41, 5.74) is 9.56. The molecule has 2 heterocycles. The van der Waals surface area contributed by atoms with E-state index in [1.165, 1.54) is 0 Å². The first-order valence-corrected chi connectivity index (χ1v) is 6.08. The Morgan fingerprint density at radius 1 is 1.42 bits per heavy atom. The molecular weight excluding hydrogens is 242 g/mol. The summed E-state index contributed by atoms with van der Waals surface area (Å²) in [6.45, 7) is 0.745. The minimum absolute atomic E-state index is 0.148. The van der Waals surface area contributed by atoms with Crippen LogP contribution >= 0.6 is 0 Å². The number of amides is 1. The number of nitrogens with zero attached hydrogens (tertiary/aromatic N) is 1. The predicted octanol–water partition coefficient (Wildman–Crippen LogP) is 1.87. The van der Waals surface area contributed by atoms with Crippen molar-refractivity contribution in [3.63, 3.8) is 0 Å². The van der Waals surface area contributed by atoms with Crippen molar-refractivity contribution in [3.05, 3.63) is 47.9 Å². The topological polar surface area (TPSA) is 71.5 Å². The van der Waals surface area contributed by atoms with Gasteiger partial charge in [-0.05, 0) is 18.2 Å². The number of fused-ring (bicyclic) bond motifs is 1. The molecular formula is C14H15N3O2. The van der Waals surface area contributed by atoms with Crippen molar-refractivity contribution < 1.29 is 9.21 Å². The summed E-state index contributed by atoms with van der Waals surface area (Å²) in [5.74, 6) is -0.148. The van der Waals surface area contributed by atoms with Crippen LogP contribution in [0.2, 0.25) is 0 Å². The number of hydrogen-bond acceptors (Lipinski definition) is 4. The lowest BCUT2D eigenvalue weighted by atomic mass is 10.1. The summed E-state index contributed by atoms with van der Waals surface area (Å²) < 4.78 is 5.05. The first kappa shape index (κ1) is 11.8. The molecule has 1 atom stereocenters. The van der Waals surface area contributed by atoms with Gasteiger partial charge >= 0.3 is 0 Å². The van der Waals surface area contributed by atoms with Crippen molar-refractivity contribution in [2.75, 3.05) is 17.3 Å². The Hall–Kier alpha value is -2.27. The molecule has 3 rings (SSSR count). The highest BCUT2D eigenvalue weighted by molar-refractivity contribution is 6.02. The zero-order valence-corrected chi connectivity index (χ0v) is 10.6. The van der Waals surface area contributed by atoms with Crippen LogP contribution in [0.25, 0.3) is 0 Å². The van der Waals surface area contributed by atoms with Gasteiger partial charge in [-0.2, -0.15) is 0 Å². The second-order valence-electron chi connectivity index (χ2n) is 4.73. The fourth-order valence-corrected chi connectivity index (χ4v) is 2.26. The van der Waals surface area contributed by atoms with E-state index in [9.17, 15) is 4.79 Å². The van der Waals surface area contributed by atoms with Gasteiger partial charge in [-0.1, -0.05) is 6.07 Å². The van der Waals surface area contributed by atoms with Crippen molar-refractivity contribution in [2.45, 2.75) is 12.6 Å². The van der Waals surface area contributed by atoms with E-state index in [2.05, 4.69) is 10.2 Å². The highest BCUT2D eigenvalue weighted by Crippen LogP contribution is 2.32. The number of anilines is 2. The Kier molecular flexibility index (Phi) is 2.76. The van der Waals surface area contributed by atoms with Crippen molar-refractivity contribution in [3.8, 4) is 0 Å². The normalized spacial score (nSPS) is 17.2. The smallest absolute Gasteiger partial charge is 0.245 e. The Bertz CT molecular complexity index is 607. The van der Waals surface area contributed by atoms with E-state index < -0.39 is 6.04 Å². The number of carbonyl (C=O) groups excluding carboxylic acids is 1. The summed E-state index contributed by atoms with van der Waals surface area (Å²) in [7, 11) is 1.99. The lowest BCUT2D eigenvalue weighted by Crippen LogP contribution is -2.19. The van der Waals surface area contributed by atoms with E-state index in [0.717, 1.165) is 29.0 Å². The fraction of sp³-hybridized carbons (Fsp3) is 0.214. The molecule has 0 bridgehead atoms. The Labute approximate surface area is 111 Å². The third-order valence-corrected chi connectivity index (χ3v) is 3.35. The quantitative estimate of drug-likeness (QED) is 0.880. The zero-order valence-electron chi connectivity index (χ0n) is 10.6. The second-order valence-corrected chi connectivity index (χ2v) is 4.73. The molecule has 5 nitrogen and oxygen atoms in total. The third kappa shape index (κ3) is 2.08. The minimum atomic E-state index is -0.553. The van der Waals surface area contributed by atoms with Crippen LogP contribution in [0.1, 0.15) is 17.2 Å². The predicted molar refractivity (Wildman–Crippen MR) is 72.8 cm³/mol. The van der Waals surface area contributed by atoms with Gasteiger partial charge in [0.05, 0.1) is 12.5 Å². The van der Waals surface area contributed by atoms with Gasteiger partial charge in [0.1, 0.15) is 6.04 Å². The number of furan rings is 1. The number of benzene rings is 1. The monoisotopic (exact) mass is 257 g/mol. The molecule has 1 aromatic heterocycles. The minimum Gasteiger partial charge on any atom is -0.472 e. The van der Waals surface area contributed by atoms with Crippen LogP contribution in [-0.2, 0) is 11.3 Å². The summed E-state index contributed by atoms with van der Waals surface area (Å²) in [6.07, 6.45) is 3.38. The van der Waals surface area contributed by atoms with Crippen LogP contribution < -0.4 is 16.0 Å². The maximum Gasteiger partial charge on any atom is 0.245 e. The van der Waals surface area contributed by atoms with Gasteiger partial charge in [-0.25, -0.2) is 0 Å². The highest BCUT2D eigenvalue weighted by Gasteiger charge is 2.27. The van der Waals surface area contributed by atoms with Gasteiger partial charge in [-0.3, -0.25) is 4.79 Å². The second kappa shape index (κ2) is 4.44. The summed E-state index contributed by atoms with van der Waals surface area (Å²) in [5, 5.41) is 2.79. The lowest BCUT2D eigenvalue weighted by Gasteiger charge is -2.19. The van der Waals surface area contributed by atoms with Crippen LogP contribution in [0.5, 0.6) is 0 Å². The van der Waals surface area contributed by atoms with Gasteiger partial charge in [0.25, 0.3) is 0 Å². The molecule has 1 amide bonds. The van der Waals surface area contributed by atoms with E-state index in [0.29, 0.717) is 0 Å². The largest absolute Gasteiger partial charge is 0.472 e. The van der Waals surface area contributed by atoms with Crippen LogP contribution in [0.4, 0.5) is 11.4 Å². The molecule has 3 N–H and O–H groups in total. The van der Waals surface area contributed by atoms with Gasteiger partial charge in [-0.15, -0.1) is 0 Å². The summed E-state index contributed by atoms with van der Waals surface area (Å²) >= 11 is 0. The van der Waals surface area contributed by atoms with Crippen molar-refractivity contribution in [1.29, 1.82) is 0 Å². The molecule has 5 heteroatoms. The van der Waals surface area contributed by atoms with Crippen LogP contribution in [0.15, 0.2) is 41.2 Å². The van der Waals surface area contributed by atoms with Crippen molar-refractivity contribution >= 4 is 17.3 Å². The number of carbonyl (C=O) groups is 1. The molecule has 98 valence electrons. The third-order valence-electron chi connectivity index (χ3n) is 3.35. The van der Waals surface area contributed by atoms with E-state index in [-0.39, 0.29) is 5.91 Å². The first-order chi connectivity index (χ1) is 9.15. The van der Waals surface area contributed by atoms with Crippen molar-refractivity contribution in [2.24, 2.45) is 5.73 Å². The van der Waals surface area contributed by atoms with E-state index in [1.54, 1.807) is 12.5 Å². The van der Waals surface area contributed by atoms with Crippen LogP contribution in [-0.4, -0.2) is 13.0 Å². The molecule has 0 fully saturated rings. The van der Waals surface area contributed by atoms with E-state index in [4.69, 9.17) is 10.2 Å². The average Bonchev–Trinajstić information content (AvgIpc) is 2.99. The van der Waals surface area contributed by atoms with Gasteiger partial charge in [0.2, 0.25) is 5.91 Å². The standard InChI is InChI=1S/C14H15N3O2/c1-17(7-9-4-5-19-8-9)10-2-3-11-12(6-10)16-14(18)13(11)15/h2-6,8,13H,7,15H2,1H3,(H,16,18). The maximum absolute atomic E-state index is 11.5. The molecule has 19 heavy (non-hydrogen) atoms. The first-order valence-electron chi connectivity index (χ1n) is 6.08. The molecule has 1 aliphatic heterocycles. The van der Waals surface area contributed by atoms with Gasteiger partial charge in [0.15, 0.2) is 0 Å².